The first-order valence-electron chi connectivity index (χ1n) is 7.99. The molecule has 0 bridgehead atoms. The van der Waals surface area contributed by atoms with Crippen molar-refractivity contribution in [3.8, 4) is 0 Å². The number of nitrogens with two attached hydrogens (primary N) is 1. The van der Waals surface area contributed by atoms with E-state index in [9.17, 15) is 14.7 Å². The van der Waals surface area contributed by atoms with Crippen LogP contribution in [-0.4, -0.2) is 41.3 Å². The zero-order chi connectivity index (χ0) is 17.4. The summed E-state index contributed by atoms with van der Waals surface area (Å²) in [4.78, 5) is 24.0. The molecule has 0 aromatic carbocycles. The lowest BCUT2D eigenvalue weighted by atomic mass is 9.97. The molecule has 0 fully saturated rings. The fourth-order valence-electron chi connectivity index (χ4n) is 2.15. The molecule has 6 heteroatoms. The number of rotatable bonds is 9. The van der Waals surface area contributed by atoms with Crippen molar-refractivity contribution < 1.29 is 19.4 Å². The van der Waals surface area contributed by atoms with Crippen LogP contribution in [0.25, 0.3) is 0 Å². The Morgan fingerprint density at radius 1 is 1.05 bits per heavy atom. The van der Waals surface area contributed by atoms with Crippen molar-refractivity contribution in [3.63, 3.8) is 0 Å². The summed E-state index contributed by atoms with van der Waals surface area (Å²) in [5.74, 6) is -0.581. The van der Waals surface area contributed by atoms with Gasteiger partial charge in [0, 0.05) is 0 Å². The molecule has 0 aromatic heterocycles. The van der Waals surface area contributed by atoms with E-state index < -0.39 is 24.2 Å². The van der Waals surface area contributed by atoms with Gasteiger partial charge in [-0.3, -0.25) is 4.79 Å². The Kier molecular flexibility index (Phi) is 9.28. The van der Waals surface area contributed by atoms with Crippen molar-refractivity contribution in [2.24, 2.45) is 17.6 Å². The van der Waals surface area contributed by atoms with Gasteiger partial charge in [0.15, 0.2) is 6.10 Å². The molecular weight excluding hydrogens is 284 g/mol. The average molecular weight is 316 g/mol. The average Bonchev–Trinajstić information content (AvgIpc) is 2.34. The first kappa shape index (κ1) is 20.9. The number of aliphatic hydroxyl groups is 1. The molecule has 0 aliphatic heterocycles. The van der Waals surface area contributed by atoms with Crippen LogP contribution in [0.4, 0.5) is 0 Å². The van der Waals surface area contributed by atoms with Crippen molar-refractivity contribution in [2.75, 3.05) is 0 Å². The van der Waals surface area contributed by atoms with E-state index in [1.807, 2.05) is 27.7 Å². The molecule has 0 saturated carbocycles. The van der Waals surface area contributed by atoms with E-state index in [4.69, 9.17) is 10.5 Å². The van der Waals surface area contributed by atoms with Crippen LogP contribution in [-0.2, 0) is 14.3 Å². The second-order valence-electron chi connectivity index (χ2n) is 6.91. The highest BCUT2D eigenvalue weighted by Gasteiger charge is 2.31. The van der Waals surface area contributed by atoms with E-state index in [0.717, 1.165) is 0 Å². The number of hydrogen-bond donors (Lipinski definition) is 3. The van der Waals surface area contributed by atoms with Gasteiger partial charge in [-0.25, -0.2) is 4.79 Å². The largest absolute Gasteiger partial charge is 0.461 e. The summed E-state index contributed by atoms with van der Waals surface area (Å²) in [5.41, 5.74) is 5.84. The molecule has 1 unspecified atom stereocenters. The lowest BCUT2D eigenvalue weighted by Crippen LogP contribution is -2.53. The third kappa shape index (κ3) is 8.34. The first-order valence-corrected chi connectivity index (χ1v) is 7.99. The molecule has 22 heavy (non-hydrogen) atoms. The number of aliphatic hydroxyl groups excluding tert-OH is 1. The van der Waals surface area contributed by atoms with Gasteiger partial charge in [0.25, 0.3) is 0 Å². The van der Waals surface area contributed by atoms with Crippen LogP contribution >= 0.6 is 0 Å². The number of carbonyl (C=O) groups excluding carboxylic acids is 2. The second-order valence-corrected chi connectivity index (χ2v) is 6.91. The number of ether oxygens (including phenoxy) is 1. The third-order valence-corrected chi connectivity index (χ3v) is 3.09. The summed E-state index contributed by atoms with van der Waals surface area (Å²) < 4.78 is 5.01. The minimum Gasteiger partial charge on any atom is -0.461 e. The van der Waals surface area contributed by atoms with Gasteiger partial charge in [-0.05, 0) is 38.5 Å². The van der Waals surface area contributed by atoms with Gasteiger partial charge in [0.05, 0.1) is 18.2 Å². The van der Waals surface area contributed by atoms with Gasteiger partial charge in [-0.15, -0.1) is 0 Å². The number of nitrogens with one attached hydrogen (secondary N) is 1. The van der Waals surface area contributed by atoms with Crippen molar-refractivity contribution in [1.82, 2.24) is 5.32 Å². The quantitative estimate of drug-likeness (QED) is 0.555. The van der Waals surface area contributed by atoms with Crippen molar-refractivity contribution in [1.29, 1.82) is 0 Å². The summed E-state index contributed by atoms with van der Waals surface area (Å²) in [6.07, 6.45) is -0.692. The van der Waals surface area contributed by atoms with Crippen LogP contribution in [0.1, 0.15) is 54.4 Å². The molecular formula is C16H32N2O4. The predicted octanol–water partition coefficient (Wildman–Crippen LogP) is 1.20. The van der Waals surface area contributed by atoms with Gasteiger partial charge in [0.2, 0.25) is 5.91 Å². The van der Waals surface area contributed by atoms with Crippen LogP contribution in [0.5, 0.6) is 0 Å². The first-order chi connectivity index (χ1) is 10.0. The van der Waals surface area contributed by atoms with Gasteiger partial charge in [0.1, 0.15) is 0 Å². The van der Waals surface area contributed by atoms with E-state index in [2.05, 4.69) is 5.32 Å². The maximum Gasteiger partial charge on any atom is 0.337 e. The highest BCUT2D eigenvalue weighted by Crippen LogP contribution is 2.12. The molecule has 130 valence electrons. The van der Waals surface area contributed by atoms with Crippen LogP contribution in [0.15, 0.2) is 0 Å². The van der Waals surface area contributed by atoms with Crippen LogP contribution in [0, 0.1) is 11.8 Å². The van der Waals surface area contributed by atoms with Crippen LogP contribution < -0.4 is 11.1 Å². The summed E-state index contributed by atoms with van der Waals surface area (Å²) in [7, 11) is 0. The van der Waals surface area contributed by atoms with E-state index in [1.165, 1.54) is 0 Å². The van der Waals surface area contributed by atoms with Gasteiger partial charge in [-0.1, -0.05) is 27.7 Å². The zero-order valence-corrected chi connectivity index (χ0v) is 14.6. The fraction of sp³-hybridized carbons (Fsp3) is 0.875. The molecule has 0 heterocycles. The molecule has 0 aliphatic rings. The molecule has 0 rings (SSSR count). The zero-order valence-electron chi connectivity index (χ0n) is 14.6. The normalized spacial score (nSPS) is 15.8. The number of amides is 1. The van der Waals surface area contributed by atoms with E-state index >= 15 is 0 Å². The molecule has 4 N–H and O–H groups in total. The minimum atomic E-state index is -1.39. The molecule has 0 aliphatic carbocycles. The van der Waals surface area contributed by atoms with Gasteiger partial charge >= 0.3 is 5.97 Å². The summed E-state index contributed by atoms with van der Waals surface area (Å²) in [6, 6.07) is -1.35. The number of hydrogen-bond acceptors (Lipinski definition) is 5. The second kappa shape index (κ2) is 9.79. The Morgan fingerprint density at radius 2 is 1.55 bits per heavy atom. The summed E-state index contributed by atoms with van der Waals surface area (Å²) in [6.45, 7) is 11.3. The van der Waals surface area contributed by atoms with Crippen molar-refractivity contribution in [3.05, 3.63) is 0 Å². The molecule has 3 atom stereocenters. The number of carbonyl (C=O) groups is 2. The smallest absolute Gasteiger partial charge is 0.337 e. The monoisotopic (exact) mass is 316 g/mol. The predicted molar refractivity (Wildman–Crippen MR) is 86.1 cm³/mol. The molecule has 0 spiro atoms. The van der Waals surface area contributed by atoms with E-state index in [-0.39, 0.29) is 17.9 Å². The number of esters is 1. The molecule has 0 saturated heterocycles. The Balaban J connectivity index is 4.83. The maximum atomic E-state index is 12.1. The van der Waals surface area contributed by atoms with Crippen molar-refractivity contribution >= 4 is 11.9 Å². The lowest BCUT2D eigenvalue weighted by molar-refractivity contribution is -0.159. The highest BCUT2D eigenvalue weighted by atomic mass is 16.6. The Hall–Kier alpha value is -1.14. The molecule has 0 aromatic rings. The van der Waals surface area contributed by atoms with Gasteiger partial charge in [-0.2, -0.15) is 0 Å². The third-order valence-electron chi connectivity index (χ3n) is 3.09. The fourth-order valence-corrected chi connectivity index (χ4v) is 2.15. The Bertz CT molecular complexity index is 356. The molecule has 6 nitrogen and oxygen atoms in total. The minimum absolute atomic E-state index is 0.202. The van der Waals surface area contributed by atoms with Gasteiger partial charge < -0.3 is 20.9 Å². The maximum absolute atomic E-state index is 12.1. The highest BCUT2D eigenvalue weighted by molar-refractivity contribution is 5.83. The summed E-state index contributed by atoms with van der Waals surface area (Å²) in [5, 5.41) is 12.9. The Labute approximate surface area is 133 Å². The molecule has 1 amide bonds. The standard InChI is InChI=1S/C16H32N2O4/c1-9(2)7-12(17)15(20)18-13(8-10(3)4)14(19)16(21)22-11(5)6/h9-14,19H,7-8,17H2,1-6H3,(H,18,20)/t12-,13-,14?/m0/s1. The van der Waals surface area contributed by atoms with Crippen LogP contribution in [0.2, 0.25) is 0 Å². The topological polar surface area (TPSA) is 102 Å². The molecule has 0 radical (unpaired) electrons. The van der Waals surface area contributed by atoms with Crippen molar-refractivity contribution in [2.45, 2.75) is 78.7 Å². The Morgan fingerprint density at radius 3 is 1.95 bits per heavy atom. The van der Waals surface area contributed by atoms with E-state index in [0.29, 0.717) is 18.8 Å². The van der Waals surface area contributed by atoms with E-state index in [1.54, 1.807) is 13.8 Å². The SMILES string of the molecule is CC(C)C[C@H](NC(=O)[C@@H](N)CC(C)C)C(O)C(=O)OC(C)C. The summed E-state index contributed by atoms with van der Waals surface area (Å²) >= 11 is 0. The lowest BCUT2D eigenvalue weighted by Gasteiger charge is -2.26. The van der Waals surface area contributed by atoms with Crippen LogP contribution in [0.3, 0.4) is 0 Å².